The lowest BCUT2D eigenvalue weighted by atomic mass is 10.0. The highest BCUT2D eigenvalue weighted by Gasteiger charge is 2.35. The van der Waals surface area contributed by atoms with Crippen LogP contribution in [0.1, 0.15) is 5.56 Å². The van der Waals surface area contributed by atoms with Crippen molar-refractivity contribution in [2.45, 2.75) is 6.18 Å². The van der Waals surface area contributed by atoms with Crippen molar-refractivity contribution in [3.05, 3.63) is 53.1 Å². The Balaban J connectivity index is 2.41. The van der Waals surface area contributed by atoms with E-state index in [2.05, 4.69) is 4.98 Å². The van der Waals surface area contributed by atoms with Crippen molar-refractivity contribution in [2.24, 2.45) is 0 Å². The Labute approximate surface area is 136 Å². The molecule has 4 nitrogen and oxygen atoms in total. The molecule has 0 unspecified atom stereocenters. The minimum absolute atomic E-state index is 0.0232. The maximum atomic E-state index is 13.5. The molecular weight excluding hydrogens is 352 g/mol. The molecule has 3 aromatic rings. The first-order valence-electron chi connectivity index (χ1n) is 6.46. The molecular formula is C15H7ClF4N2O2. The second-order valence-corrected chi connectivity index (χ2v) is 5.29. The molecule has 0 amide bonds. The molecule has 0 spiro atoms. The summed E-state index contributed by atoms with van der Waals surface area (Å²) in [5, 5.41) is 9.63. The molecule has 0 radical (unpaired) electrons. The van der Waals surface area contributed by atoms with Gasteiger partial charge in [0.05, 0.1) is 16.8 Å². The minimum atomic E-state index is -4.78. The first-order chi connectivity index (χ1) is 11.2. The largest absolute Gasteiger partial charge is 0.464 e. The molecule has 2 aromatic heterocycles. The van der Waals surface area contributed by atoms with Crippen LogP contribution >= 0.6 is 11.6 Å². The molecule has 0 aliphatic heterocycles. The number of pyridine rings is 1. The van der Waals surface area contributed by atoms with E-state index in [1.54, 1.807) is 0 Å². The van der Waals surface area contributed by atoms with Crippen LogP contribution in [0.15, 0.2) is 36.5 Å². The average molecular weight is 359 g/mol. The zero-order chi connectivity index (χ0) is 17.6. The summed E-state index contributed by atoms with van der Waals surface area (Å²) >= 11 is 5.72. The number of rotatable bonds is 1. The van der Waals surface area contributed by atoms with Gasteiger partial charge in [-0.15, -0.1) is 0 Å². The number of benzene rings is 1. The van der Waals surface area contributed by atoms with Gasteiger partial charge < -0.3 is 5.11 Å². The lowest BCUT2D eigenvalue weighted by molar-refractivity contribution is -0.137. The fourth-order valence-corrected chi connectivity index (χ4v) is 2.61. The predicted molar refractivity (Wildman–Crippen MR) is 78.6 cm³/mol. The molecule has 0 saturated heterocycles. The zero-order valence-corrected chi connectivity index (χ0v) is 12.4. The summed E-state index contributed by atoms with van der Waals surface area (Å²) in [5.41, 5.74) is -2.01. The Hall–Kier alpha value is -2.61. The van der Waals surface area contributed by atoms with Crippen LogP contribution in [0.3, 0.4) is 0 Å². The highest BCUT2D eigenvalue weighted by molar-refractivity contribution is 6.30. The maximum Gasteiger partial charge on any atom is 0.417 e. The summed E-state index contributed by atoms with van der Waals surface area (Å²) in [6.07, 6.45) is -5.08. The Morgan fingerprint density at radius 1 is 1.21 bits per heavy atom. The van der Waals surface area contributed by atoms with Gasteiger partial charge in [0, 0.05) is 23.2 Å². The fraction of sp³-hybridized carbons (Fsp3) is 0.0667. The summed E-state index contributed by atoms with van der Waals surface area (Å²) in [5.74, 6) is -0.920. The van der Waals surface area contributed by atoms with Gasteiger partial charge in [0.1, 0.15) is 11.0 Å². The van der Waals surface area contributed by atoms with Crippen LogP contribution in [0.4, 0.5) is 22.4 Å². The molecule has 0 fully saturated rings. The van der Waals surface area contributed by atoms with Crippen LogP contribution in [0, 0.1) is 5.82 Å². The molecule has 1 aromatic carbocycles. The lowest BCUT2D eigenvalue weighted by Crippen LogP contribution is -2.13. The number of carbonyl (C=O) groups is 1. The second kappa shape index (κ2) is 5.48. The molecule has 124 valence electrons. The van der Waals surface area contributed by atoms with E-state index in [9.17, 15) is 27.5 Å². The molecule has 2 heterocycles. The lowest BCUT2D eigenvalue weighted by Gasteiger charge is -2.14. The van der Waals surface area contributed by atoms with Crippen molar-refractivity contribution in [1.29, 1.82) is 0 Å². The predicted octanol–water partition coefficient (Wildman–Crippen LogP) is 5.04. The molecule has 9 heteroatoms. The zero-order valence-electron chi connectivity index (χ0n) is 11.6. The van der Waals surface area contributed by atoms with Crippen LogP contribution in [0.25, 0.3) is 22.2 Å². The van der Waals surface area contributed by atoms with Gasteiger partial charge in [0.2, 0.25) is 0 Å². The van der Waals surface area contributed by atoms with Crippen molar-refractivity contribution in [3.8, 4) is 11.3 Å². The third kappa shape index (κ3) is 2.69. The molecule has 0 atom stereocenters. The van der Waals surface area contributed by atoms with E-state index < -0.39 is 29.2 Å². The van der Waals surface area contributed by atoms with E-state index in [1.165, 1.54) is 18.3 Å². The fourth-order valence-electron chi connectivity index (χ4n) is 2.46. The number of hydrogen-bond donors (Lipinski definition) is 1. The summed E-state index contributed by atoms with van der Waals surface area (Å²) in [4.78, 5) is 15.3. The highest BCUT2D eigenvalue weighted by Crippen LogP contribution is 2.39. The van der Waals surface area contributed by atoms with Gasteiger partial charge in [-0.3, -0.25) is 0 Å². The average Bonchev–Trinajstić information content (AvgIpc) is 2.84. The number of halogens is 5. The molecule has 3 rings (SSSR count). The molecule has 1 N–H and O–H groups in total. The Morgan fingerprint density at radius 3 is 2.54 bits per heavy atom. The van der Waals surface area contributed by atoms with E-state index in [0.717, 1.165) is 0 Å². The summed E-state index contributed by atoms with van der Waals surface area (Å²) in [7, 11) is 0. The Kier molecular flexibility index (Phi) is 3.71. The molecule has 0 bridgehead atoms. The maximum absolute atomic E-state index is 13.5. The first-order valence-corrected chi connectivity index (χ1v) is 6.83. The van der Waals surface area contributed by atoms with Crippen LogP contribution in [-0.4, -0.2) is 20.8 Å². The summed E-state index contributed by atoms with van der Waals surface area (Å²) in [6.45, 7) is 0. The molecule has 0 saturated carbocycles. The summed E-state index contributed by atoms with van der Waals surface area (Å²) < 4.78 is 53.8. The molecule has 0 aliphatic carbocycles. The van der Waals surface area contributed by atoms with Crippen molar-refractivity contribution in [1.82, 2.24) is 9.55 Å². The SMILES string of the molecule is O=C(O)n1c(-c2cc(F)ccc2C(F)(F)F)cc2cnc(Cl)cc21. The van der Waals surface area contributed by atoms with E-state index in [4.69, 9.17) is 11.6 Å². The Bertz CT molecular complexity index is 966. The number of alkyl halides is 3. The topological polar surface area (TPSA) is 55.1 Å². The number of aromatic nitrogens is 2. The monoisotopic (exact) mass is 358 g/mol. The quantitative estimate of drug-likeness (QED) is 0.489. The van der Waals surface area contributed by atoms with Crippen LogP contribution in [-0.2, 0) is 6.18 Å². The van der Waals surface area contributed by atoms with Gasteiger partial charge in [-0.25, -0.2) is 18.7 Å². The smallest absolute Gasteiger partial charge is 0.417 e. The third-order valence-corrected chi connectivity index (χ3v) is 3.61. The van der Waals surface area contributed by atoms with Crippen LogP contribution in [0.5, 0.6) is 0 Å². The third-order valence-electron chi connectivity index (χ3n) is 3.41. The van der Waals surface area contributed by atoms with Gasteiger partial charge in [-0.2, -0.15) is 13.2 Å². The second-order valence-electron chi connectivity index (χ2n) is 4.90. The highest BCUT2D eigenvalue weighted by atomic mass is 35.5. The first kappa shape index (κ1) is 16.3. The van der Waals surface area contributed by atoms with Crippen LogP contribution in [0.2, 0.25) is 5.15 Å². The molecule has 24 heavy (non-hydrogen) atoms. The standard InChI is InChI=1S/C15H7ClF4N2O2/c16-13-5-11-7(6-21-13)3-12(22(11)14(23)24)9-4-8(17)1-2-10(9)15(18,19)20/h1-6H,(H,23,24). The number of fused-ring (bicyclic) bond motifs is 1. The van der Waals surface area contributed by atoms with Gasteiger partial charge in [-0.05, 0) is 24.3 Å². The number of hydrogen-bond acceptors (Lipinski definition) is 2. The van der Waals surface area contributed by atoms with Crippen LogP contribution < -0.4 is 0 Å². The Morgan fingerprint density at radius 2 is 1.92 bits per heavy atom. The van der Waals surface area contributed by atoms with E-state index in [1.807, 2.05) is 0 Å². The number of carboxylic acid groups (broad SMARTS) is 1. The van der Waals surface area contributed by atoms with E-state index in [-0.39, 0.29) is 21.7 Å². The van der Waals surface area contributed by atoms with Gasteiger partial charge >= 0.3 is 12.3 Å². The number of nitrogens with zero attached hydrogens (tertiary/aromatic N) is 2. The van der Waals surface area contributed by atoms with Gasteiger partial charge in [0.15, 0.2) is 0 Å². The van der Waals surface area contributed by atoms with Crippen molar-refractivity contribution in [2.75, 3.05) is 0 Å². The van der Waals surface area contributed by atoms with Gasteiger partial charge in [-0.1, -0.05) is 11.6 Å². The van der Waals surface area contributed by atoms with E-state index in [0.29, 0.717) is 22.8 Å². The van der Waals surface area contributed by atoms with Crippen molar-refractivity contribution >= 4 is 28.6 Å². The summed E-state index contributed by atoms with van der Waals surface area (Å²) in [6, 6.07) is 4.28. The van der Waals surface area contributed by atoms with Gasteiger partial charge in [0.25, 0.3) is 0 Å². The van der Waals surface area contributed by atoms with Crippen molar-refractivity contribution < 1.29 is 27.5 Å². The van der Waals surface area contributed by atoms with Crippen molar-refractivity contribution in [3.63, 3.8) is 0 Å². The molecule has 0 aliphatic rings. The normalized spacial score (nSPS) is 11.9. The minimum Gasteiger partial charge on any atom is -0.464 e. The van der Waals surface area contributed by atoms with E-state index >= 15 is 0 Å².